The van der Waals surface area contributed by atoms with Gasteiger partial charge >= 0.3 is 0 Å². The molecule has 1 N–H and O–H groups in total. The van der Waals surface area contributed by atoms with Crippen LogP contribution in [0.4, 0.5) is 5.69 Å². The highest BCUT2D eigenvalue weighted by atomic mass is 32.1. The second-order valence-electron chi connectivity index (χ2n) is 4.32. The third-order valence-electron chi connectivity index (χ3n) is 2.97. The molecule has 1 fully saturated rings. The van der Waals surface area contributed by atoms with E-state index in [0.29, 0.717) is 18.1 Å². The topological polar surface area (TPSA) is 49.8 Å². The van der Waals surface area contributed by atoms with E-state index in [0.717, 1.165) is 18.0 Å². The average molecular weight is 267 g/mol. The van der Waals surface area contributed by atoms with Crippen LogP contribution in [0, 0.1) is 5.92 Å². The van der Waals surface area contributed by atoms with Gasteiger partial charge in [0, 0.05) is 18.7 Å². The van der Waals surface area contributed by atoms with E-state index in [4.69, 9.17) is 9.84 Å². The molecule has 1 aromatic rings. The van der Waals surface area contributed by atoms with Crippen LogP contribution >= 0.6 is 12.6 Å². The second kappa shape index (κ2) is 6.11. The SMILES string of the molecule is O=C1CC(CS)CN1c1ccc(OCCO)cc1. The summed E-state index contributed by atoms with van der Waals surface area (Å²) in [5.41, 5.74) is 0.889. The van der Waals surface area contributed by atoms with Crippen LogP contribution in [0.25, 0.3) is 0 Å². The summed E-state index contributed by atoms with van der Waals surface area (Å²) in [4.78, 5) is 13.6. The summed E-state index contributed by atoms with van der Waals surface area (Å²) >= 11 is 4.24. The molecular weight excluding hydrogens is 250 g/mol. The van der Waals surface area contributed by atoms with E-state index in [2.05, 4.69) is 12.6 Å². The van der Waals surface area contributed by atoms with Crippen LogP contribution in [0.5, 0.6) is 5.75 Å². The minimum Gasteiger partial charge on any atom is -0.491 e. The van der Waals surface area contributed by atoms with Gasteiger partial charge in [0.05, 0.1) is 6.61 Å². The number of carbonyl (C=O) groups excluding carboxylic acids is 1. The van der Waals surface area contributed by atoms with E-state index in [1.54, 1.807) is 4.90 Å². The van der Waals surface area contributed by atoms with Gasteiger partial charge in [-0.2, -0.15) is 12.6 Å². The lowest BCUT2D eigenvalue weighted by molar-refractivity contribution is -0.117. The number of hydrogen-bond donors (Lipinski definition) is 2. The molecule has 0 saturated carbocycles. The van der Waals surface area contributed by atoms with E-state index < -0.39 is 0 Å². The maximum Gasteiger partial charge on any atom is 0.227 e. The molecule has 1 atom stereocenters. The maximum absolute atomic E-state index is 11.8. The number of ether oxygens (including phenoxy) is 1. The van der Waals surface area contributed by atoms with Crippen molar-refractivity contribution in [2.75, 3.05) is 30.4 Å². The Hall–Kier alpha value is -1.20. The molecule has 0 aliphatic carbocycles. The number of aliphatic hydroxyl groups is 1. The fourth-order valence-corrected chi connectivity index (χ4v) is 2.28. The molecule has 2 rings (SSSR count). The van der Waals surface area contributed by atoms with Gasteiger partial charge in [-0.3, -0.25) is 4.79 Å². The van der Waals surface area contributed by atoms with Crippen molar-refractivity contribution >= 4 is 24.2 Å². The lowest BCUT2D eigenvalue weighted by atomic mass is 10.1. The Kier molecular flexibility index (Phi) is 4.49. The molecule has 4 nitrogen and oxygen atoms in total. The first kappa shape index (κ1) is 13.2. The van der Waals surface area contributed by atoms with Crippen molar-refractivity contribution < 1.29 is 14.6 Å². The number of carbonyl (C=O) groups is 1. The van der Waals surface area contributed by atoms with Crippen molar-refractivity contribution in [3.05, 3.63) is 24.3 Å². The maximum atomic E-state index is 11.8. The Bertz CT molecular complexity index is 407. The van der Waals surface area contributed by atoms with E-state index >= 15 is 0 Å². The van der Waals surface area contributed by atoms with Crippen LogP contribution < -0.4 is 9.64 Å². The van der Waals surface area contributed by atoms with E-state index in [9.17, 15) is 4.79 Å². The van der Waals surface area contributed by atoms with Gasteiger partial charge in [0.2, 0.25) is 5.91 Å². The number of thiol groups is 1. The molecule has 0 spiro atoms. The number of nitrogens with zero attached hydrogens (tertiary/aromatic N) is 1. The Labute approximate surface area is 112 Å². The molecular formula is C13H17NO3S. The van der Waals surface area contributed by atoms with Crippen LogP contribution in [-0.2, 0) is 4.79 Å². The summed E-state index contributed by atoms with van der Waals surface area (Å²) in [5, 5.41) is 8.66. The smallest absolute Gasteiger partial charge is 0.227 e. The van der Waals surface area contributed by atoms with E-state index in [1.807, 2.05) is 24.3 Å². The van der Waals surface area contributed by atoms with Gasteiger partial charge < -0.3 is 14.7 Å². The van der Waals surface area contributed by atoms with Gasteiger partial charge in [-0.1, -0.05) is 0 Å². The second-order valence-corrected chi connectivity index (χ2v) is 4.69. The predicted molar refractivity (Wildman–Crippen MR) is 73.3 cm³/mol. The molecule has 0 bridgehead atoms. The Morgan fingerprint density at radius 1 is 1.39 bits per heavy atom. The first-order valence-corrected chi connectivity index (χ1v) is 6.62. The van der Waals surface area contributed by atoms with Crippen molar-refractivity contribution in [1.82, 2.24) is 0 Å². The first-order chi connectivity index (χ1) is 8.74. The molecule has 1 heterocycles. The fourth-order valence-electron chi connectivity index (χ4n) is 2.04. The molecule has 1 unspecified atom stereocenters. The molecule has 18 heavy (non-hydrogen) atoms. The molecule has 1 aromatic carbocycles. The highest BCUT2D eigenvalue weighted by Crippen LogP contribution is 2.27. The van der Waals surface area contributed by atoms with Crippen LogP contribution in [0.1, 0.15) is 6.42 Å². The largest absolute Gasteiger partial charge is 0.491 e. The molecule has 0 radical (unpaired) electrons. The van der Waals surface area contributed by atoms with Gasteiger partial charge in [0.25, 0.3) is 0 Å². The highest BCUT2D eigenvalue weighted by molar-refractivity contribution is 7.80. The lowest BCUT2D eigenvalue weighted by Crippen LogP contribution is -2.24. The van der Waals surface area contributed by atoms with Crippen LogP contribution in [0.3, 0.4) is 0 Å². The summed E-state index contributed by atoms with van der Waals surface area (Å²) in [6, 6.07) is 7.36. The molecule has 98 valence electrons. The minimum atomic E-state index is -0.00398. The van der Waals surface area contributed by atoms with E-state index in [1.165, 1.54) is 0 Å². The molecule has 1 aliphatic rings. The molecule has 1 aliphatic heterocycles. The third kappa shape index (κ3) is 2.97. The Morgan fingerprint density at radius 2 is 2.11 bits per heavy atom. The summed E-state index contributed by atoms with van der Waals surface area (Å²) in [5.74, 6) is 1.93. The zero-order valence-electron chi connectivity index (χ0n) is 10.1. The van der Waals surface area contributed by atoms with Crippen molar-refractivity contribution in [1.29, 1.82) is 0 Å². The Morgan fingerprint density at radius 3 is 2.67 bits per heavy atom. The Balaban J connectivity index is 2.03. The van der Waals surface area contributed by atoms with Crippen molar-refractivity contribution in [3.8, 4) is 5.75 Å². The standard InChI is InChI=1S/C13H17NO3S/c15-5-6-17-12-3-1-11(2-4-12)14-8-10(9-18)7-13(14)16/h1-4,10,15,18H,5-9H2. The zero-order chi connectivity index (χ0) is 13.0. The number of anilines is 1. The van der Waals surface area contributed by atoms with Gasteiger partial charge in [0.15, 0.2) is 0 Å². The van der Waals surface area contributed by atoms with Gasteiger partial charge in [0.1, 0.15) is 12.4 Å². The summed E-state index contributed by atoms with van der Waals surface area (Å²) in [7, 11) is 0. The average Bonchev–Trinajstić information content (AvgIpc) is 2.78. The number of aliphatic hydroxyl groups excluding tert-OH is 1. The monoisotopic (exact) mass is 267 g/mol. The number of rotatable bonds is 5. The fraction of sp³-hybridized carbons (Fsp3) is 0.462. The van der Waals surface area contributed by atoms with E-state index in [-0.39, 0.29) is 19.1 Å². The number of amides is 1. The highest BCUT2D eigenvalue weighted by Gasteiger charge is 2.29. The molecule has 1 saturated heterocycles. The number of benzene rings is 1. The quantitative estimate of drug-likeness (QED) is 0.792. The first-order valence-electron chi connectivity index (χ1n) is 5.99. The molecule has 0 aromatic heterocycles. The van der Waals surface area contributed by atoms with Crippen LogP contribution in [0.2, 0.25) is 0 Å². The summed E-state index contributed by atoms with van der Waals surface area (Å²) in [6.07, 6.45) is 0.576. The van der Waals surface area contributed by atoms with Gasteiger partial charge in [-0.05, 0) is 35.9 Å². The summed E-state index contributed by atoms with van der Waals surface area (Å²) in [6.45, 7) is 1.01. The van der Waals surface area contributed by atoms with Crippen molar-refractivity contribution in [2.45, 2.75) is 6.42 Å². The van der Waals surface area contributed by atoms with Gasteiger partial charge in [-0.25, -0.2) is 0 Å². The van der Waals surface area contributed by atoms with Crippen molar-refractivity contribution in [3.63, 3.8) is 0 Å². The normalized spacial score (nSPS) is 19.3. The molecule has 5 heteroatoms. The van der Waals surface area contributed by atoms with Gasteiger partial charge in [-0.15, -0.1) is 0 Å². The number of hydrogen-bond acceptors (Lipinski definition) is 4. The van der Waals surface area contributed by atoms with Crippen LogP contribution in [0.15, 0.2) is 24.3 Å². The zero-order valence-corrected chi connectivity index (χ0v) is 11.0. The predicted octanol–water partition coefficient (Wildman–Crippen LogP) is 1.34. The minimum absolute atomic E-state index is 0.00398. The van der Waals surface area contributed by atoms with Crippen LogP contribution in [-0.4, -0.2) is 36.5 Å². The molecule has 1 amide bonds. The summed E-state index contributed by atoms with van der Waals surface area (Å²) < 4.78 is 5.28. The third-order valence-corrected chi connectivity index (χ3v) is 3.49. The lowest BCUT2D eigenvalue weighted by Gasteiger charge is -2.17. The van der Waals surface area contributed by atoms with Crippen molar-refractivity contribution in [2.24, 2.45) is 5.92 Å².